The zero-order valence-corrected chi connectivity index (χ0v) is 8.23. The van der Waals surface area contributed by atoms with Gasteiger partial charge in [0.05, 0.1) is 0 Å². The van der Waals surface area contributed by atoms with E-state index in [0.717, 1.165) is 5.56 Å². The molecule has 0 saturated heterocycles. The summed E-state index contributed by atoms with van der Waals surface area (Å²) in [5.74, 6) is 0.0670. The molecule has 1 aromatic carbocycles. The number of hydrogen-bond acceptors (Lipinski definition) is 2. The third-order valence-electron chi connectivity index (χ3n) is 2.27. The summed E-state index contributed by atoms with van der Waals surface area (Å²) in [5, 5.41) is 9.12. The maximum absolute atomic E-state index is 12.9. The maximum Gasteiger partial charge on any atom is 0.123 e. The summed E-state index contributed by atoms with van der Waals surface area (Å²) in [5.41, 5.74) is 0.925. The monoisotopic (exact) mass is 205 g/mol. The van der Waals surface area contributed by atoms with Gasteiger partial charge >= 0.3 is 0 Å². The lowest BCUT2D eigenvalue weighted by atomic mass is 10.2. The quantitative estimate of drug-likeness (QED) is 0.802. The van der Waals surface area contributed by atoms with E-state index in [1.54, 1.807) is 24.4 Å². The van der Waals surface area contributed by atoms with E-state index >= 15 is 0 Å². The molecule has 0 fully saturated rings. The number of nitrogens with zero attached hydrogens (tertiary/aromatic N) is 1. The molecule has 1 aliphatic rings. The number of hydrogen-bond donors (Lipinski definition) is 1. The maximum atomic E-state index is 12.9. The molecule has 0 bridgehead atoms. The van der Waals surface area contributed by atoms with Crippen LogP contribution in [-0.4, -0.2) is 16.6 Å². The second-order valence-electron chi connectivity index (χ2n) is 3.50. The van der Waals surface area contributed by atoms with Gasteiger partial charge in [-0.1, -0.05) is 12.1 Å². The molecule has 3 heteroatoms. The Morgan fingerprint density at radius 1 is 1.40 bits per heavy atom. The van der Waals surface area contributed by atoms with Crippen LogP contribution in [0, 0.1) is 5.82 Å². The molecule has 2 nitrogen and oxygen atoms in total. The van der Waals surface area contributed by atoms with Crippen LogP contribution >= 0.6 is 0 Å². The number of benzene rings is 1. The minimum absolute atomic E-state index is 0.216. The zero-order valence-electron chi connectivity index (χ0n) is 8.23. The standard InChI is InChI=1S/C12H12FNO/c13-11-3-1-2-10(8-11)9-14-6-4-12(15)5-7-14/h1-6,8,15H,7,9H2. The fourth-order valence-corrected chi connectivity index (χ4v) is 1.51. The number of aliphatic hydroxyl groups excluding tert-OH is 1. The van der Waals surface area contributed by atoms with Crippen LogP contribution in [0.3, 0.4) is 0 Å². The lowest BCUT2D eigenvalue weighted by Crippen LogP contribution is -2.19. The van der Waals surface area contributed by atoms with Crippen molar-refractivity contribution in [3.8, 4) is 0 Å². The number of halogens is 1. The van der Waals surface area contributed by atoms with Gasteiger partial charge in [0, 0.05) is 19.3 Å². The first-order chi connectivity index (χ1) is 7.24. The summed E-state index contributed by atoms with van der Waals surface area (Å²) in [7, 11) is 0. The van der Waals surface area contributed by atoms with E-state index in [9.17, 15) is 4.39 Å². The molecule has 2 rings (SSSR count). The Balaban J connectivity index is 2.02. The van der Waals surface area contributed by atoms with Crippen molar-refractivity contribution in [1.82, 2.24) is 4.90 Å². The number of aliphatic hydroxyl groups is 1. The van der Waals surface area contributed by atoms with Crippen molar-refractivity contribution in [3.05, 3.63) is 59.8 Å². The Bertz CT molecular complexity index is 412. The molecule has 1 N–H and O–H groups in total. The SMILES string of the molecule is OC1=CCN(Cc2cccc(F)c2)C=C1. The average molecular weight is 205 g/mol. The van der Waals surface area contributed by atoms with Crippen molar-refractivity contribution >= 4 is 0 Å². The minimum atomic E-state index is -0.216. The van der Waals surface area contributed by atoms with Gasteiger partial charge in [-0.2, -0.15) is 0 Å². The minimum Gasteiger partial charge on any atom is -0.508 e. The van der Waals surface area contributed by atoms with Crippen molar-refractivity contribution in [2.24, 2.45) is 0 Å². The lowest BCUT2D eigenvalue weighted by Gasteiger charge is -2.21. The molecule has 1 aromatic rings. The Hall–Kier alpha value is -1.77. The highest BCUT2D eigenvalue weighted by atomic mass is 19.1. The third-order valence-corrected chi connectivity index (χ3v) is 2.27. The van der Waals surface area contributed by atoms with E-state index < -0.39 is 0 Å². The van der Waals surface area contributed by atoms with Gasteiger partial charge in [-0.25, -0.2) is 4.39 Å². The Labute approximate surface area is 88.0 Å². The van der Waals surface area contributed by atoms with E-state index in [1.165, 1.54) is 12.1 Å². The summed E-state index contributed by atoms with van der Waals surface area (Å²) in [6.07, 6.45) is 5.16. The second kappa shape index (κ2) is 4.17. The van der Waals surface area contributed by atoms with Crippen LogP contribution in [0.4, 0.5) is 4.39 Å². The first kappa shape index (κ1) is 9.77. The number of allylic oxidation sites excluding steroid dienone is 1. The molecule has 0 aromatic heterocycles. The molecule has 0 radical (unpaired) electrons. The van der Waals surface area contributed by atoms with Gasteiger partial charge in [-0.3, -0.25) is 0 Å². The molecule has 0 aliphatic carbocycles. The highest BCUT2D eigenvalue weighted by Gasteiger charge is 2.04. The largest absolute Gasteiger partial charge is 0.508 e. The molecular weight excluding hydrogens is 193 g/mol. The van der Waals surface area contributed by atoms with Crippen LogP contribution < -0.4 is 0 Å². The third kappa shape index (κ3) is 2.59. The lowest BCUT2D eigenvalue weighted by molar-refractivity contribution is 0.368. The van der Waals surface area contributed by atoms with Crippen molar-refractivity contribution < 1.29 is 9.50 Å². The molecule has 78 valence electrons. The summed E-state index contributed by atoms with van der Waals surface area (Å²) in [6.45, 7) is 1.30. The molecule has 1 aliphatic heterocycles. The van der Waals surface area contributed by atoms with E-state index in [2.05, 4.69) is 0 Å². The van der Waals surface area contributed by atoms with Gasteiger partial charge in [0.15, 0.2) is 0 Å². The molecular formula is C12H12FNO. The smallest absolute Gasteiger partial charge is 0.123 e. The molecule has 0 spiro atoms. The Morgan fingerprint density at radius 3 is 2.93 bits per heavy atom. The van der Waals surface area contributed by atoms with Crippen LogP contribution in [0.5, 0.6) is 0 Å². The first-order valence-electron chi connectivity index (χ1n) is 4.80. The van der Waals surface area contributed by atoms with Gasteiger partial charge in [0.2, 0.25) is 0 Å². The van der Waals surface area contributed by atoms with Crippen molar-refractivity contribution in [2.75, 3.05) is 6.54 Å². The van der Waals surface area contributed by atoms with Gasteiger partial charge in [0.1, 0.15) is 11.6 Å². The molecule has 1 heterocycles. The van der Waals surface area contributed by atoms with Crippen LogP contribution in [0.25, 0.3) is 0 Å². The van der Waals surface area contributed by atoms with Crippen molar-refractivity contribution in [3.63, 3.8) is 0 Å². The van der Waals surface area contributed by atoms with E-state index in [4.69, 9.17) is 5.11 Å². The molecule has 0 amide bonds. The summed E-state index contributed by atoms with van der Waals surface area (Å²) in [4.78, 5) is 1.99. The molecule has 0 atom stereocenters. The Morgan fingerprint density at radius 2 is 2.27 bits per heavy atom. The fourth-order valence-electron chi connectivity index (χ4n) is 1.51. The van der Waals surface area contributed by atoms with Gasteiger partial charge in [-0.15, -0.1) is 0 Å². The van der Waals surface area contributed by atoms with Crippen molar-refractivity contribution in [2.45, 2.75) is 6.54 Å². The van der Waals surface area contributed by atoms with E-state index in [0.29, 0.717) is 13.1 Å². The summed E-state index contributed by atoms with van der Waals surface area (Å²) < 4.78 is 12.9. The van der Waals surface area contributed by atoms with Gasteiger partial charge in [0.25, 0.3) is 0 Å². The van der Waals surface area contributed by atoms with E-state index in [1.807, 2.05) is 11.0 Å². The fraction of sp³-hybridized carbons (Fsp3) is 0.167. The van der Waals surface area contributed by atoms with Gasteiger partial charge < -0.3 is 10.0 Å². The predicted molar refractivity (Wildman–Crippen MR) is 56.7 cm³/mol. The van der Waals surface area contributed by atoms with Crippen LogP contribution in [-0.2, 0) is 6.54 Å². The molecule has 0 unspecified atom stereocenters. The van der Waals surface area contributed by atoms with Crippen LogP contribution in [0.2, 0.25) is 0 Å². The topological polar surface area (TPSA) is 23.5 Å². The van der Waals surface area contributed by atoms with Crippen molar-refractivity contribution in [1.29, 1.82) is 0 Å². The first-order valence-corrected chi connectivity index (χ1v) is 4.80. The van der Waals surface area contributed by atoms with Crippen LogP contribution in [0.15, 0.2) is 48.4 Å². The predicted octanol–water partition coefficient (Wildman–Crippen LogP) is 2.60. The average Bonchev–Trinajstić information content (AvgIpc) is 2.22. The highest BCUT2D eigenvalue weighted by Crippen LogP contribution is 2.11. The van der Waals surface area contributed by atoms with Crippen LogP contribution in [0.1, 0.15) is 5.56 Å². The summed E-state index contributed by atoms with van der Waals surface area (Å²) >= 11 is 0. The Kier molecular flexibility index (Phi) is 2.72. The second-order valence-corrected chi connectivity index (χ2v) is 3.50. The molecule has 0 saturated carbocycles. The zero-order chi connectivity index (χ0) is 10.7. The normalized spacial score (nSPS) is 15.3. The highest BCUT2D eigenvalue weighted by molar-refractivity contribution is 5.19. The van der Waals surface area contributed by atoms with Gasteiger partial charge in [-0.05, 0) is 29.8 Å². The molecule has 15 heavy (non-hydrogen) atoms. The number of rotatable bonds is 2. The van der Waals surface area contributed by atoms with E-state index in [-0.39, 0.29) is 11.6 Å². The summed E-state index contributed by atoms with van der Waals surface area (Å²) in [6, 6.07) is 6.54.